The van der Waals surface area contributed by atoms with Crippen molar-refractivity contribution >= 4 is 5.91 Å². The van der Waals surface area contributed by atoms with Crippen LogP contribution >= 0.6 is 0 Å². The van der Waals surface area contributed by atoms with Crippen LogP contribution in [0.1, 0.15) is 19.3 Å². The molecular formula is C10H18N2O2. The Balaban J connectivity index is 2.09. The van der Waals surface area contributed by atoms with Crippen molar-refractivity contribution in [3.05, 3.63) is 0 Å². The van der Waals surface area contributed by atoms with Crippen LogP contribution < -0.4 is 0 Å². The smallest absolute Gasteiger partial charge is 0.242 e. The van der Waals surface area contributed by atoms with Crippen LogP contribution in [0.5, 0.6) is 0 Å². The SMILES string of the molecule is CN1CCCN(C2CC2)C(=O)C1CO. The van der Waals surface area contributed by atoms with E-state index >= 15 is 0 Å². The minimum absolute atomic E-state index is 0.0570. The van der Waals surface area contributed by atoms with Crippen LogP contribution in [-0.4, -0.2) is 59.6 Å². The molecule has 1 aliphatic carbocycles. The van der Waals surface area contributed by atoms with E-state index in [2.05, 4.69) is 0 Å². The van der Waals surface area contributed by atoms with Crippen LogP contribution in [-0.2, 0) is 4.79 Å². The third-order valence-electron chi connectivity index (χ3n) is 3.17. The minimum Gasteiger partial charge on any atom is -0.394 e. The number of hydrogen-bond acceptors (Lipinski definition) is 3. The minimum atomic E-state index is -0.307. The highest BCUT2D eigenvalue weighted by Gasteiger charge is 2.38. The Kier molecular flexibility index (Phi) is 2.74. The molecule has 0 radical (unpaired) electrons. The van der Waals surface area contributed by atoms with Crippen LogP contribution in [0.2, 0.25) is 0 Å². The van der Waals surface area contributed by atoms with E-state index in [1.807, 2.05) is 16.8 Å². The maximum Gasteiger partial charge on any atom is 0.242 e. The van der Waals surface area contributed by atoms with Crippen molar-refractivity contribution < 1.29 is 9.90 Å². The summed E-state index contributed by atoms with van der Waals surface area (Å²) in [5.74, 6) is 0.120. The van der Waals surface area contributed by atoms with Crippen molar-refractivity contribution in [1.82, 2.24) is 9.80 Å². The molecule has 80 valence electrons. The molecule has 2 rings (SSSR count). The molecule has 1 saturated heterocycles. The molecule has 0 aromatic rings. The molecule has 1 saturated carbocycles. The summed E-state index contributed by atoms with van der Waals surface area (Å²) in [5.41, 5.74) is 0. The Morgan fingerprint density at radius 2 is 2.14 bits per heavy atom. The first-order valence-corrected chi connectivity index (χ1v) is 5.35. The van der Waals surface area contributed by atoms with Crippen LogP contribution in [0.4, 0.5) is 0 Å². The maximum atomic E-state index is 12.0. The Bertz CT molecular complexity index is 224. The number of amides is 1. The van der Waals surface area contributed by atoms with Crippen molar-refractivity contribution in [2.24, 2.45) is 0 Å². The molecule has 0 spiro atoms. The number of rotatable bonds is 2. The van der Waals surface area contributed by atoms with Crippen molar-refractivity contribution in [3.8, 4) is 0 Å². The number of nitrogens with zero attached hydrogens (tertiary/aromatic N) is 2. The van der Waals surface area contributed by atoms with Gasteiger partial charge < -0.3 is 10.0 Å². The second kappa shape index (κ2) is 3.87. The fourth-order valence-corrected chi connectivity index (χ4v) is 2.10. The molecule has 1 atom stereocenters. The molecule has 2 aliphatic rings. The van der Waals surface area contributed by atoms with E-state index in [4.69, 9.17) is 0 Å². The van der Waals surface area contributed by atoms with Gasteiger partial charge in [0, 0.05) is 19.1 Å². The molecule has 2 fully saturated rings. The predicted octanol–water partition coefficient (Wildman–Crippen LogP) is -0.326. The topological polar surface area (TPSA) is 43.8 Å². The summed E-state index contributed by atoms with van der Waals surface area (Å²) in [6.07, 6.45) is 3.32. The van der Waals surface area contributed by atoms with Gasteiger partial charge in [-0.15, -0.1) is 0 Å². The Labute approximate surface area is 84.5 Å². The fraction of sp³-hybridized carbons (Fsp3) is 0.900. The Hall–Kier alpha value is -0.610. The molecule has 4 nitrogen and oxygen atoms in total. The zero-order chi connectivity index (χ0) is 10.1. The summed E-state index contributed by atoms with van der Waals surface area (Å²) in [6, 6.07) is 0.168. The lowest BCUT2D eigenvalue weighted by Gasteiger charge is -2.26. The van der Waals surface area contributed by atoms with Crippen molar-refractivity contribution in [2.45, 2.75) is 31.3 Å². The largest absolute Gasteiger partial charge is 0.394 e. The average Bonchev–Trinajstić information content (AvgIpc) is 2.95. The molecule has 1 unspecified atom stereocenters. The van der Waals surface area contributed by atoms with Gasteiger partial charge in [-0.1, -0.05) is 0 Å². The molecule has 1 amide bonds. The van der Waals surface area contributed by atoms with E-state index in [9.17, 15) is 9.90 Å². The first kappa shape index (κ1) is 9.93. The lowest BCUT2D eigenvalue weighted by atomic mass is 10.2. The van der Waals surface area contributed by atoms with Crippen LogP contribution in [0, 0.1) is 0 Å². The molecule has 0 aromatic carbocycles. The zero-order valence-corrected chi connectivity index (χ0v) is 8.65. The van der Waals surface area contributed by atoms with Gasteiger partial charge in [0.1, 0.15) is 6.04 Å². The molecule has 1 N–H and O–H groups in total. The van der Waals surface area contributed by atoms with E-state index in [0.29, 0.717) is 6.04 Å². The monoisotopic (exact) mass is 198 g/mol. The first-order valence-electron chi connectivity index (χ1n) is 5.35. The van der Waals surface area contributed by atoms with Crippen LogP contribution in [0.25, 0.3) is 0 Å². The zero-order valence-electron chi connectivity index (χ0n) is 8.65. The van der Waals surface area contributed by atoms with Gasteiger partial charge in [0.25, 0.3) is 0 Å². The standard InChI is InChI=1S/C10H18N2O2/c1-11-5-2-6-12(8-3-4-8)10(14)9(11)7-13/h8-9,13H,2-7H2,1H3. The summed E-state index contributed by atoms with van der Waals surface area (Å²) in [6.45, 7) is 1.71. The van der Waals surface area contributed by atoms with E-state index in [-0.39, 0.29) is 18.6 Å². The number of likely N-dealkylation sites (N-methyl/N-ethyl adjacent to an activating group) is 1. The van der Waals surface area contributed by atoms with Crippen LogP contribution in [0.3, 0.4) is 0 Å². The van der Waals surface area contributed by atoms with Gasteiger partial charge in [0.2, 0.25) is 5.91 Å². The Morgan fingerprint density at radius 1 is 1.43 bits per heavy atom. The Morgan fingerprint density at radius 3 is 2.71 bits per heavy atom. The summed E-state index contributed by atoms with van der Waals surface area (Å²) in [4.78, 5) is 15.9. The van der Waals surface area contributed by atoms with Crippen LogP contribution in [0.15, 0.2) is 0 Å². The average molecular weight is 198 g/mol. The molecule has 4 heteroatoms. The molecule has 0 bridgehead atoms. The third kappa shape index (κ3) is 1.77. The summed E-state index contributed by atoms with van der Waals surface area (Å²) >= 11 is 0. The normalized spacial score (nSPS) is 30.6. The maximum absolute atomic E-state index is 12.0. The first-order chi connectivity index (χ1) is 6.74. The highest BCUT2D eigenvalue weighted by molar-refractivity contribution is 5.82. The number of carbonyl (C=O) groups is 1. The molecule has 14 heavy (non-hydrogen) atoms. The van der Waals surface area contributed by atoms with Crippen molar-refractivity contribution in [1.29, 1.82) is 0 Å². The van der Waals surface area contributed by atoms with E-state index in [1.54, 1.807) is 0 Å². The van der Waals surface area contributed by atoms with Gasteiger partial charge in [-0.2, -0.15) is 0 Å². The highest BCUT2D eigenvalue weighted by atomic mass is 16.3. The second-order valence-corrected chi connectivity index (χ2v) is 4.30. The van der Waals surface area contributed by atoms with Gasteiger partial charge in [-0.25, -0.2) is 0 Å². The number of aliphatic hydroxyl groups is 1. The number of aliphatic hydroxyl groups excluding tert-OH is 1. The summed E-state index contributed by atoms with van der Waals surface area (Å²) in [5, 5.41) is 9.19. The van der Waals surface area contributed by atoms with Gasteiger partial charge in [0.15, 0.2) is 0 Å². The van der Waals surface area contributed by atoms with E-state index in [0.717, 1.165) is 32.4 Å². The van der Waals surface area contributed by atoms with Crippen molar-refractivity contribution in [3.63, 3.8) is 0 Å². The molecule has 1 aliphatic heterocycles. The van der Waals surface area contributed by atoms with Crippen molar-refractivity contribution in [2.75, 3.05) is 26.7 Å². The van der Waals surface area contributed by atoms with E-state index in [1.165, 1.54) is 0 Å². The van der Waals surface area contributed by atoms with Gasteiger partial charge >= 0.3 is 0 Å². The van der Waals surface area contributed by atoms with Gasteiger partial charge in [-0.3, -0.25) is 9.69 Å². The van der Waals surface area contributed by atoms with Gasteiger partial charge in [-0.05, 0) is 26.3 Å². The quantitative estimate of drug-likeness (QED) is 0.661. The lowest BCUT2D eigenvalue weighted by molar-refractivity contribution is -0.136. The highest BCUT2D eigenvalue weighted by Crippen LogP contribution is 2.28. The van der Waals surface area contributed by atoms with E-state index < -0.39 is 0 Å². The second-order valence-electron chi connectivity index (χ2n) is 4.30. The number of carbonyl (C=O) groups excluding carboxylic acids is 1. The summed E-state index contributed by atoms with van der Waals surface area (Å²) < 4.78 is 0. The summed E-state index contributed by atoms with van der Waals surface area (Å²) in [7, 11) is 1.91. The molecule has 1 heterocycles. The predicted molar refractivity (Wildman–Crippen MR) is 52.9 cm³/mol. The molecular weight excluding hydrogens is 180 g/mol. The lowest BCUT2D eigenvalue weighted by Crippen LogP contribution is -2.47. The fourth-order valence-electron chi connectivity index (χ4n) is 2.10. The molecule has 0 aromatic heterocycles. The number of hydrogen-bond donors (Lipinski definition) is 1. The van der Waals surface area contributed by atoms with Gasteiger partial charge in [0.05, 0.1) is 6.61 Å². The third-order valence-corrected chi connectivity index (χ3v) is 3.17.